The van der Waals surface area contributed by atoms with Crippen LogP contribution in [0.2, 0.25) is 0 Å². The third-order valence-corrected chi connectivity index (χ3v) is 9.60. The number of fused-ring (bicyclic) bond motifs is 5. The molecule has 0 aliphatic carbocycles. The van der Waals surface area contributed by atoms with Gasteiger partial charge in [-0.1, -0.05) is 103 Å². The maximum absolute atomic E-state index is 6.23. The van der Waals surface area contributed by atoms with Gasteiger partial charge in [0, 0.05) is 42.5 Å². The average molecular weight is 595 g/mol. The molecule has 9 aromatic rings. The van der Waals surface area contributed by atoms with E-state index in [1.165, 1.54) is 42.1 Å². The summed E-state index contributed by atoms with van der Waals surface area (Å²) in [5, 5.41) is 4.80. The van der Waals surface area contributed by atoms with Crippen molar-refractivity contribution in [2.75, 3.05) is 4.90 Å². The molecule has 0 atom stereocenters. The molecule has 0 unspecified atom stereocenters. The highest BCUT2D eigenvalue weighted by atomic mass is 32.1. The topological polar surface area (TPSA) is 29.3 Å². The minimum atomic E-state index is 0.653. The molecule has 0 N–H and O–H groups in total. The molecule has 0 bridgehead atoms. The fraction of sp³-hybridized carbons (Fsp3) is 0. The summed E-state index contributed by atoms with van der Waals surface area (Å²) in [6, 6.07) is 55.7. The summed E-state index contributed by atoms with van der Waals surface area (Å²) in [6.07, 6.45) is 0. The smallest absolute Gasteiger partial charge is 0.227 e. The van der Waals surface area contributed by atoms with Crippen molar-refractivity contribution in [2.24, 2.45) is 0 Å². The van der Waals surface area contributed by atoms with E-state index in [4.69, 9.17) is 9.40 Å². The largest absolute Gasteiger partial charge is 0.436 e. The van der Waals surface area contributed by atoms with Crippen molar-refractivity contribution in [2.45, 2.75) is 0 Å². The van der Waals surface area contributed by atoms with Crippen molar-refractivity contribution in [3.63, 3.8) is 0 Å². The predicted octanol–water partition coefficient (Wildman–Crippen LogP) is 12.2. The molecule has 0 spiro atoms. The van der Waals surface area contributed by atoms with E-state index in [2.05, 4.69) is 138 Å². The van der Waals surface area contributed by atoms with Crippen LogP contribution in [0.5, 0.6) is 0 Å². The summed E-state index contributed by atoms with van der Waals surface area (Å²) in [4.78, 5) is 7.23. The zero-order valence-corrected chi connectivity index (χ0v) is 25.0. The third-order valence-electron chi connectivity index (χ3n) is 8.48. The van der Waals surface area contributed by atoms with Crippen LogP contribution in [0.1, 0.15) is 0 Å². The Morgan fingerprint density at radius 3 is 2.22 bits per heavy atom. The first kappa shape index (κ1) is 25.8. The van der Waals surface area contributed by atoms with Crippen molar-refractivity contribution in [3.05, 3.63) is 158 Å². The quantitative estimate of drug-likeness (QED) is 0.198. The molecule has 9 rings (SSSR count). The molecule has 7 aromatic carbocycles. The van der Waals surface area contributed by atoms with Crippen LogP contribution in [0, 0.1) is 0 Å². The fourth-order valence-corrected chi connectivity index (χ4v) is 7.57. The first-order chi connectivity index (χ1) is 22.3. The minimum Gasteiger partial charge on any atom is -0.436 e. The molecular weight excluding hydrogens is 569 g/mol. The van der Waals surface area contributed by atoms with Gasteiger partial charge in [0.25, 0.3) is 0 Å². The maximum Gasteiger partial charge on any atom is 0.227 e. The van der Waals surface area contributed by atoms with E-state index in [-0.39, 0.29) is 0 Å². The molecule has 0 amide bonds. The van der Waals surface area contributed by atoms with Gasteiger partial charge in [0.05, 0.1) is 5.69 Å². The summed E-state index contributed by atoms with van der Waals surface area (Å²) in [5.74, 6) is 0.653. The maximum atomic E-state index is 6.23. The minimum absolute atomic E-state index is 0.653. The molecule has 2 aromatic heterocycles. The lowest BCUT2D eigenvalue weighted by Crippen LogP contribution is -2.10. The number of hydrogen-bond donors (Lipinski definition) is 0. The van der Waals surface area contributed by atoms with Gasteiger partial charge in [-0.2, -0.15) is 0 Å². The zero-order valence-electron chi connectivity index (χ0n) is 24.2. The molecule has 0 saturated heterocycles. The molecule has 0 saturated carbocycles. The Hall–Kier alpha value is -5.71. The molecule has 45 heavy (non-hydrogen) atoms. The van der Waals surface area contributed by atoms with Gasteiger partial charge in [0.1, 0.15) is 5.52 Å². The Bertz CT molecular complexity index is 2470. The number of aromatic nitrogens is 1. The third kappa shape index (κ3) is 4.38. The lowest BCUT2D eigenvalue weighted by molar-refractivity contribution is 0.620. The molecule has 0 radical (unpaired) electrons. The Morgan fingerprint density at radius 1 is 0.533 bits per heavy atom. The van der Waals surface area contributed by atoms with Crippen LogP contribution in [0.4, 0.5) is 17.1 Å². The molecule has 212 valence electrons. The van der Waals surface area contributed by atoms with Gasteiger partial charge in [-0.25, -0.2) is 4.98 Å². The molecule has 0 aliphatic heterocycles. The SMILES string of the molecule is c1ccc(-c2cccc(N(c3ccc4c(c3)sc3cccc(-c5nc6ccccc6o5)c34)c3cccc4ccccc34)c2)cc1. The van der Waals surface area contributed by atoms with Gasteiger partial charge in [-0.15, -0.1) is 11.3 Å². The van der Waals surface area contributed by atoms with Crippen LogP contribution < -0.4 is 4.90 Å². The van der Waals surface area contributed by atoms with Crippen LogP contribution in [0.15, 0.2) is 162 Å². The summed E-state index contributed by atoms with van der Waals surface area (Å²) >= 11 is 1.81. The van der Waals surface area contributed by atoms with E-state index in [1.54, 1.807) is 11.3 Å². The van der Waals surface area contributed by atoms with E-state index in [9.17, 15) is 0 Å². The summed E-state index contributed by atoms with van der Waals surface area (Å²) < 4.78 is 8.66. The number of hydrogen-bond acceptors (Lipinski definition) is 4. The van der Waals surface area contributed by atoms with Crippen LogP contribution in [0.3, 0.4) is 0 Å². The Morgan fingerprint density at radius 2 is 1.29 bits per heavy atom. The highest BCUT2D eigenvalue weighted by Crippen LogP contribution is 2.45. The number of anilines is 3. The van der Waals surface area contributed by atoms with Gasteiger partial charge in [0.2, 0.25) is 5.89 Å². The van der Waals surface area contributed by atoms with Crippen molar-refractivity contribution in [1.29, 1.82) is 0 Å². The average Bonchev–Trinajstić information content (AvgIpc) is 3.71. The fourth-order valence-electron chi connectivity index (χ4n) is 6.40. The van der Waals surface area contributed by atoms with Gasteiger partial charge in [0.15, 0.2) is 5.58 Å². The van der Waals surface area contributed by atoms with Gasteiger partial charge in [-0.05, 0) is 71.1 Å². The number of para-hydroxylation sites is 2. The van der Waals surface area contributed by atoms with Crippen LogP contribution in [0.25, 0.3) is 64.6 Å². The molecule has 4 heteroatoms. The number of thiophene rings is 1. The summed E-state index contributed by atoms with van der Waals surface area (Å²) in [7, 11) is 0. The second-order valence-electron chi connectivity index (χ2n) is 11.2. The van der Waals surface area contributed by atoms with Crippen molar-refractivity contribution in [3.8, 4) is 22.6 Å². The lowest BCUT2D eigenvalue weighted by atomic mass is 10.0. The van der Waals surface area contributed by atoms with E-state index >= 15 is 0 Å². The zero-order chi connectivity index (χ0) is 29.7. The Labute approximate surface area is 264 Å². The first-order valence-electron chi connectivity index (χ1n) is 15.0. The predicted molar refractivity (Wildman–Crippen MR) is 190 cm³/mol. The Kier molecular flexibility index (Phi) is 6.00. The molecule has 2 heterocycles. The molecule has 0 aliphatic rings. The van der Waals surface area contributed by atoms with E-state index in [0.717, 1.165) is 33.7 Å². The standard InChI is InChI=1S/C41H26N2OS/c1-2-11-27(12-3-1)29-15-8-16-30(25-29)43(36-20-9-14-28-13-4-5-17-32(28)36)31-23-24-33-39(26-31)45-38-22-10-18-34(40(33)38)41-42-35-19-6-7-21-37(35)44-41/h1-26H. The van der Waals surface area contributed by atoms with E-state index < -0.39 is 0 Å². The van der Waals surface area contributed by atoms with Crippen molar-refractivity contribution >= 4 is 70.4 Å². The van der Waals surface area contributed by atoms with E-state index in [0.29, 0.717) is 5.89 Å². The summed E-state index contributed by atoms with van der Waals surface area (Å²) in [6.45, 7) is 0. The second kappa shape index (κ2) is 10.5. The number of nitrogens with zero attached hydrogens (tertiary/aromatic N) is 2. The highest BCUT2D eigenvalue weighted by molar-refractivity contribution is 7.26. The van der Waals surface area contributed by atoms with Crippen molar-refractivity contribution in [1.82, 2.24) is 4.98 Å². The van der Waals surface area contributed by atoms with Crippen molar-refractivity contribution < 1.29 is 4.42 Å². The van der Waals surface area contributed by atoms with Crippen LogP contribution in [-0.2, 0) is 0 Å². The van der Waals surface area contributed by atoms with Gasteiger partial charge in [-0.3, -0.25) is 0 Å². The second-order valence-corrected chi connectivity index (χ2v) is 12.3. The highest BCUT2D eigenvalue weighted by Gasteiger charge is 2.19. The van der Waals surface area contributed by atoms with Gasteiger partial charge < -0.3 is 9.32 Å². The number of benzene rings is 7. The van der Waals surface area contributed by atoms with E-state index in [1.807, 2.05) is 24.3 Å². The van der Waals surface area contributed by atoms with Gasteiger partial charge >= 0.3 is 0 Å². The lowest BCUT2D eigenvalue weighted by Gasteiger charge is -2.27. The molecule has 3 nitrogen and oxygen atoms in total. The summed E-state index contributed by atoms with van der Waals surface area (Å²) in [5.41, 5.74) is 8.44. The molecular formula is C41H26N2OS. The normalized spacial score (nSPS) is 11.6. The Balaban J connectivity index is 1.25. The van der Waals surface area contributed by atoms with Crippen LogP contribution in [-0.4, -0.2) is 4.98 Å². The monoisotopic (exact) mass is 594 g/mol. The number of rotatable bonds is 5. The number of oxazole rings is 1. The van der Waals surface area contributed by atoms with Crippen LogP contribution >= 0.6 is 11.3 Å². The molecule has 0 fully saturated rings. The first-order valence-corrected chi connectivity index (χ1v) is 15.9.